The van der Waals surface area contributed by atoms with Gasteiger partial charge in [0, 0.05) is 18.3 Å². The van der Waals surface area contributed by atoms with E-state index in [0.29, 0.717) is 12.0 Å². The zero-order valence-electron chi connectivity index (χ0n) is 16.1. The van der Waals surface area contributed by atoms with Crippen LogP contribution >= 0.6 is 0 Å². The largest absolute Gasteiger partial charge is 0.370 e. The van der Waals surface area contributed by atoms with E-state index in [0.717, 1.165) is 37.6 Å². The second-order valence-electron chi connectivity index (χ2n) is 8.22. The van der Waals surface area contributed by atoms with Gasteiger partial charge in [0.05, 0.1) is 6.61 Å². The quantitative estimate of drug-likeness (QED) is 0.740. The first-order valence-corrected chi connectivity index (χ1v) is 10.2. The molecule has 0 N–H and O–H groups in total. The zero-order chi connectivity index (χ0) is 18.5. The Bertz CT molecular complexity index is 580. The van der Waals surface area contributed by atoms with E-state index in [1.165, 1.54) is 32.1 Å². The summed E-state index contributed by atoms with van der Waals surface area (Å²) in [7, 11) is 0. The summed E-state index contributed by atoms with van der Waals surface area (Å²) in [5.74, 6) is 1.36. The van der Waals surface area contributed by atoms with Crippen molar-refractivity contribution in [3.8, 4) is 0 Å². The van der Waals surface area contributed by atoms with Crippen molar-refractivity contribution in [3.05, 3.63) is 30.1 Å². The number of hydrogen-bond donors (Lipinski definition) is 0. The Kier molecular flexibility index (Phi) is 6.68. The van der Waals surface area contributed by atoms with Crippen LogP contribution in [0, 0.1) is 17.7 Å². The van der Waals surface area contributed by atoms with Gasteiger partial charge in [0.1, 0.15) is 11.9 Å². The molecule has 0 bridgehead atoms. The number of ketones is 1. The molecule has 0 amide bonds. The minimum Gasteiger partial charge on any atom is -0.370 e. The Morgan fingerprint density at radius 2 is 1.88 bits per heavy atom. The van der Waals surface area contributed by atoms with Gasteiger partial charge < -0.3 is 9.64 Å². The summed E-state index contributed by atoms with van der Waals surface area (Å²) in [6, 6.07) is 7.40. The number of ether oxygens (including phenoxy) is 1. The fourth-order valence-electron chi connectivity index (χ4n) is 4.60. The summed E-state index contributed by atoms with van der Waals surface area (Å²) in [6.07, 6.45) is 7.97. The highest BCUT2D eigenvalue weighted by molar-refractivity contribution is 5.80. The molecule has 0 aliphatic carbocycles. The first-order chi connectivity index (χ1) is 12.5. The van der Waals surface area contributed by atoms with Crippen LogP contribution in [0.3, 0.4) is 0 Å². The lowest BCUT2D eigenvalue weighted by molar-refractivity contribution is -0.133. The maximum atomic E-state index is 13.2. The van der Waals surface area contributed by atoms with Gasteiger partial charge in [0.2, 0.25) is 0 Å². The number of carbonyl (C=O) groups excluding carboxylic acids is 1. The van der Waals surface area contributed by atoms with Crippen molar-refractivity contribution in [2.45, 2.75) is 70.9 Å². The van der Waals surface area contributed by atoms with E-state index < -0.39 is 0 Å². The summed E-state index contributed by atoms with van der Waals surface area (Å²) >= 11 is 0. The number of rotatable bonds is 5. The van der Waals surface area contributed by atoms with Gasteiger partial charge in [0.25, 0.3) is 0 Å². The van der Waals surface area contributed by atoms with E-state index in [4.69, 9.17) is 4.74 Å². The molecule has 3 unspecified atom stereocenters. The van der Waals surface area contributed by atoms with Crippen LogP contribution in [0.25, 0.3) is 0 Å². The molecule has 0 spiro atoms. The SMILES string of the molecule is CC(=O)[C@H]1CCC(CCC2CCCN(c3ccc(F)cc3)C(C)C2)CO1. The van der Waals surface area contributed by atoms with Crippen molar-refractivity contribution in [2.24, 2.45) is 11.8 Å². The van der Waals surface area contributed by atoms with Crippen molar-refractivity contribution >= 4 is 11.5 Å². The van der Waals surface area contributed by atoms with Gasteiger partial charge in [-0.2, -0.15) is 0 Å². The molecule has 2 heterocycles. The monoisotopic (exact) mass is 361 g/mol. The minimum absolute atomic E-state index is 0.159. The highest BCUT2D eigenvalue weighted by Crippen LogP contribution is 2.32. The van der Waals surface area contributed by atoms with Gasteiger partial charge in [-0.1, -0.05) is 6.42 Å². The molecule has 1 aromatic carbocycles. The van der Waals surface area contributed by atoms with Crippen molar-refractivity contribution in [1.82, 2.24) is 0 Å². The molecule has 0 aromatic heterocycles. The van der Waals surface area contributed by atoms with E-state index in [1.807, 2.05) is 12.1 Å². The first-order valence-electron chi connectivity index (χ1n) is 10.2. The number of halogens is 1. The van der Waals surface area contributed by atoms with Crippen LogP contribution in [0.2, 0.25) is 0 Å². The van der Waals surface area contributed by atoms with Crippen LogP contribution < -0.4 is 4.90 Å². The number of nitrogens with zero attached hydrogens (tertiary/aromatic N) is 1. The Morgan fingerprint density at radius 1 is 1.15 bits per heavy atom. The summed E-state index contributed by atoms with van der Waals surface area (Å²) < 4.78 is 18.9. The van der Waals surface area contributed by atoms with Crippen LogP contribution in [-0.2, 0) is 9.53 Å². The Balaban J connectivity index is 1.47. The molecule has 0 radical (unpaired) electrons. The molecule has 3 rings (SSSR count). The van der Waals surface area contributed by atoms with Crippen molar-refractivity contribution in [3.63, 3.8) is 0 Å². The predicted octanol–water partition coefficient (Wildman–Crippen LogP) is 4.99. The third-order valence-electron chi connectivity index (χ3n) is 6.18. The number of Topliss-reactive ketones (excluding diaryl/α,β-unsaturated/α-hetero) is 1. The molecule has 4 heteroatoms. The highest BCUT2D eigenvalue weighted by Gasteiger charge is 2.27. The molecular weight excluding hydrogens is 329 g/mol. The van der Waals surface area contributed by atoms with Gasteiger partial charge in [-0.15, -0.1) is 0 Å². The number of anilines is 1. The third kappa shape index (κ3) is 5.06. The Hall–Kier alpha value is -1.42. The van der Waals surface area contributed by atoms with Crippen LogP contribution in [0.15, 0.2) is 24.3 Å². The molecule has 2 fully saturated rings. The lowest BCUT2D eigenvalue weighted by Gasteiger charge is -2.31. The second kappa shape index (κ2) is 8.98. The van der Waals surface area contributed by atoms with E-state index in [9.17, 15) is 9.18 Å². The van der Waals surface area contributed by atoms with Crippen LogP contribution in [0.5, 0.6) is 0 Å². The predicted molar refractivity (Wildman–Crippen MR) is 103 cm³/mol. The highest BCUT2D eigenvalue weighted by atomic mass is 19.1. The summed E-state index contributed by atoms with van der Waals surface area (Å²) in [5, 5.41) is 0. The molecule has 1 aromatic rings. The van der Waals surface area contributed by atoms with Gasteiger partial charge in [-0.3, -0.25) is 4.79 Å². The Morgan fingerprint density at radius 3 is 2.54 bits per heavy atom. The molecule has 2 aliphatic heterocycles. The summed E-state index contributed by atoms with van der Waals surface area (Å²) in [4.78, 5) is 13.8. The van der Waals surface area contributed by atoms with Crippen molar-refractivity contribution in [1.29, 1.82) is 0 Å². The third-order valence-corrected chi connectivity index (χ3v) is 6.18. The lowest BCUT2D eigenvalue weighted by atomic mass is 9.86. The molecule has 0 saturated carbocycles. The molecule has 2 aliphatic rings. The van der Waals surface area contributed by atoms with E-state index in [2.05, 4.69) is 11.8 Å². The lowest BCUT2D eigenvalue weighted by Crippen LogP contribution is -2.33. The van der Waals surface area contributed by atoms with E-state index in [-0.39, 0.29) is 17.7 Å². The van der Waals surface area contributed by atoms with Crippen molar-refractivity contribution in [2.75, 3.05) is 18.1 Å². The number of hydrogen-bond acceptors (Lipinski definition) is 3. The van der Waals surface area contributed by atoms with Crippen LogP contribution in [0.1, 0.15) is 58.8 Å². The summed E-state index contributed by atoms with van der Waals surface area (Å²) in [5.41, 5.74) is 1.13. The molecule has 2 saturated heterocycles. The average molecular weight is 362 g/mol. The number of benzene rings is 1. The first kappa shape index (κ1) is 19.3. The average Bonchev–Trinajstić information content (AvgIpc) is 2.82. The van der Waals surface area contributed by atoms with Gasteiger partial charge >= 0.3 is 0 Å². The molecule has 4 atom stereocenters. The smallest absolute Gasteiger partial charge is 0.158 e. The minimum atomic E-state index is -0.171. The Labute approximate surface area is 156 Å². The molecule has 144 valence electrons. The molecule has 26 heavy (non-hydrogen) atoms. The van der Waals surface area contributed by atoms with Crippen LogP contribution in [0.4, 0.5) is 10.1 Å². The van der Waals surface area contributed by atoms with Crippen molar-refractivity contribution < 1.29 is 13.9 Å². The second-order valence-corrected chi connectivity index (χ2v) is 8.22. The molecular formula is C22H32FNO2. The topological polar surface area (TPSA) is 29.5 Å². The number of carbonyl (C=O) groups is 1. The van der Waals surface area contributed by atoms with E-state index in [1.54, 1.807) is 19.1 Å². The van der Waals surface area contributed by atoms with Gasteiger partial charge in [-0.05, 0) is 88.5 Å². The molecule has 3 nitrogen and oxygen atoms in total. The van der Waals surface area contributed by atoms with E-state index >= 15 is 0 Å². The zero-order valence-corrected chi connectivity index (χ0v) is 16.1. The van der Waals surface area contributed by atoms with Gasteiger partial charge in [0.15, 0.2) is 5.78 Å². The maximum absolute atomic E-state index is 13.2. The maximum Gasteiger partial charge on any atom is 0.158 e. The standard InChI is InChI=1S/C22H32FNO2/c1-16-14-18(5-6-19-7-12-22(17(2)25)26-15-19)4-3-13-24(16)21-10-8-20(23)9-11-21/h8-11,16,18-19,22H,3-7,12-15H2,1-2H3/t16?,18?,19?,22-/m1/s1. The van der Waals surface area contributed by atoms with Gasteiger partial charge in [-0.25, -0.2) is 4.39 Å². The summed E-state index contributed by atoms with van der Waals surface area (Å²) in [6.45, 7) is 5.72. The fourth-order valence-corrected chi connectivity index (χ4v) is 4.60. The van der Waals surface area contributed by atoms with Crippen LogP contribution in [-0.4, -0.2) is 31.1 Å². The normalized spacial score (nSPS) is 30.0. The fraction of sp³-hybridized carbons (Fsp3) is 0.682.